The number of likely N-dealkylation sites (tertiary alicyclic amines) is 1. The molecular weight excluding hydrogens is 496 g/mol. The van der Waals surface area contributed by atoms with E-state index in [1.807, 2.05) is 18.2 Å². The number of primary amides is 1. The van der Waals surface area contributed by atoms with Gasteiger partial charge in [0.1, 0.15) is 22.8 Å². The molecule has 1 heterocycles. The third-order valence-corrected chi connectivity index (χ3v) is 8.25. The van der Waals surface area contributed by atoms with Gasteiger partial charge in [-0.25, -0.2) is 0 Å². The van der Waals surface area contributed by atoms with Crippen LogP contribution in [0.2, 0.25) is 0 Å². The summed E-state index contributed by atoms with van der Waals surface area (Å²) < 4.78 is 0. The van der Waals surface area contributed by atoms with E-state index in [1.54, 1.807) is 6.07 Å². The molecule has 0 aromatic heterocycles. The molecule has 0 spiro atoms. The van der Waals surface area contributed by atoms with E-state index < -0.39 is 17.6 Å². The quantitative estimate of drug-likeness (QED) is 0.390. The molecule has 1 saturated heterocycles. The number of nitrogens with zero attached hydrogens (tertiary/aromatic N) is 1. The number of amides is 1. The van der Waals surface area contributed by atoms with E-state index in [2.05, 4.69) is 17.0 Å². The number of hydrogen-bond donors (Lipinski definition) is 4. The Morgan fingerprint density at radius 2 is 1.77 bits per heavy atom. The molecule has 8 nitrogen and oxygen atoms in total. The molecule has 2 aliphatic carbocycles. The van der Waals surface area contributed by atoms with Crippen LogP contribution >= 0.6 is 0 Å². The average Bonchev–Trinajstić information content (AvgIpc) is 3.36. The molecule has 0 radical (unpaired) electrons. The number of allylic oxidation sites excluding steroid dienone is 2. The third-order valence-electron chi connectivity index (χ3n) is 8.25. The third kappa shape index (κ3) is 5.21. The number of aliphatic hydroxyl groups excluding tert-OH is 2. The lowest BCUT2D eigenvalue weighted by Crippen LogP contribution is -2.31. The van der Waals surface area contributed by atoms with Crippen LogP contribution in [0.3, 0.4) is 0 Å². The van der Waals surface area contributed by atoms with Crippen LogP contribution in [0.15, 0.2) is 53.3 Å². The number of fused-ring (bicyclic) bond motifs is 1. The Morgan fingerprint density at radius 3 is 2.44 bits per heavy atom. The van der Waals surface area contributed by atoms with E-state index in [-0.39, 0.29) is 58.5 Å². The van der Waals surface area contributed by atoms with Crippen molar-refractivity contribution in [3.05, 3.63) is 70.0 Å². The molecular formula is C31H34N2O6. The maximum absolute atomic E-state index is 12.7. The summed E-state index contributed by atoms with van der Waals surface area (Å²) in [5, 5.41) is 32.4. The van der Waals surface area contributed by atoms with Crippen molar-refractivity contribution in [1.29, 1.82) is 0 Å². The van der Waals surface area contributed by atoms with Gasteiger partial charge in [-0.2, -0.15) is 0 Å². The first-order valence-electron chi connectivity index (χ1n) is 13.5. The molecule has 39 heavy (non-hydrogen) atoms. The first kappa shape index (κ1) is 26.7. The number of rotatable bonds is 7. The van der Waals surface area contributed by atoms with Crippen molar-refractivity contribution < 1.29 is 29.7 Å². The van der Waals surface area contributed by atoms with Gasteiger partial charge >= 0.3 is 0 Å². The molecule has 0 saturated carbocycles. The molecule has 1 aliphatic heterocycles. The number of nitrogens with two attached hydrogens (primary N) is 1. The van der Waals surface area contributed by atoms with Crippen molar-refractivity contribution >= 4 is 23.2 Å². The molecule has 8 heteroatoms. The second kappa shape index (κ2) is 10.7. The van der Waals surface area contributed by atoms with Crippen molar-refractivity contribution in [2.75, 3.05) is 13.1 Å². The highest BCUT2D eigenvalue weighted by Crippen LogP contribution is 2.46. The van der Waals surface area contributed by atoms with Crippen molar-refractivity contribution in [3.8, 4) is 16.9 Å². The van der Waals surface area contributed by atoms with Crippen LogP contribution in [0.4, 0.5) is 0 Å². The predicted molar refractivity (Wildman–Crippen MR) is 147 cm³/mol. The van der Waals surface area contributed by atoms with E-state index in [9.17, 15) is 29.7 Å². The van der Waals surface area contributed by atoms with Gasteiger partial charge in [-0.15, -0.1) is 0 Å². The van der Waals surface area contributed by atoms with Crippen molar-refractivity contribution in [3.63, 3.8) is 0 Å². The summed E-state index contributed by atoms with van der Waals surface area (Å²) in [4.78, 5) is 39.3. The maximum Gasteiger partial charge on any atom is 0.255 e. The zero-order valence-electron chi connectivity index (χ0n) is 22.1. The van der Waals surface area contributed by atoms with E-state index in [0.29, 0.717) is 12.8 Å². The smallest absolute Gasteiger partial charge is 0.255 e. The van der Waals surface area contributed by atoms with Crippen LogP contribution in [-0.2, 0) is 27.3 Å². The van der Waals surface area contributed by atoms with Crippen molar-refractivity contribution in [2.24, 2.45) is 17.6 Å². The van der Waals surface area contributed by atoms with Gasteiger partial charge in [-0.1, -0.05) is 24.3 Å². The van der Waals surface area contributed by atoms with Gasteiger partial charge in [0, 0.05) is 25.0 Å². The minimum atomic E-state index is -0.948. The number of Topliss-reactive ketones (excluding diaryl/α,β-unsaturated/α-hetero) is 2. The van der Waals surface area contributed by atoms with E-state index >= 15 is 0 Å². The van der Waals surface area contributed by atoms with Gasteiger partial charge in [0.2, 0.25) is 0 Å². The monoisotopic (exact) mass is 530 g/mol. The molecule has 2 aromatic carbocycles. The zero-order valence-corrected chi connectivity index (χ0v) is 22.1. The van der Waals surface area contributed by atoms with Gasteiger partial charge in [0.15, 0.2) is 11.6 Å². The lowest BCUT2D eigenvalue weighted by molar-refractivity contribution is -0.122. The summed E-state index contributed by atoms with van der Waals surface area (Å²) in [5.74, 6) is -3.24. The molecule has 204 valence electrons. The first-order valence-corrected chi connectivity index (χ1v) is 13.5. The number of carbonyl (C=O) groups is 3. The van der Waals surface area contributed by atoms with Crippen LogP contribution in [0.1, 0.15) is 55.7 Å². The second-order valence-electron chi connectivity index (χ2n) is 11.0. The number of ketones is 2. The number of hydrogen-bond acceptors (Lipinski definition) is 7. The average molecular weight is 531 g/mol. The Labute approximate surface area is 227 Å². The lowest BCUT2D eigenvalue weighted by atomic mass is 9.72. The summed E-state index contributed by atoms with van der Waals surface area (Å²) in [6.45, 7) is 4.40. The van der Waals surface area contributed by atoms with Gasteiger partial charge < -0.3 is 21.1 Å². The molecule has 1 unspecified atom stereocenters. The normalized spacial score (nSPS) is 21.8. The Hall–Kier alpha value is -3.91. The zero-order chi connectivity index (χ0) is 27.8. The number of phenols is 1. The highest BCUT2D eigenvalue weighted by atomic mass is 16.3. The fourth-order valence-electron chi connectivity index (χ4n) is 6.57. The predicted octanol–water partition coefficient (Wildman–Crippen LogP) is 4.35. The topological polar surface area (TPSA) is 141 Å². The number of aromatic hydroxyl groups is 1. The molecule has 5 rings (SSSR count). The van der Waals surface area contributed by atoms with Crippen LogP contribution in [0, 0.1) is 11.8 Å². The first-order chi connectivity index (χ1) is 18.6. The fraction of sp³-hybridized carbons (Fsp3) is 0.387. The Bertz CT molecular complexity index is 1420. The van der Waals surface area contributed by atoms with E-state index in [4.69, 9.17) is 5.73 Å². The second-order valence-corrected chi connectivity index (χ2v) is 11.0. The minimum absolute atomic E-state index is 0.0169. The van der Waals surface area contributed by atoms with Gasteiger partial charge in [-0.3, -0.25) is 19.3 Å². The minimum Gasteiger partial charge on any atom is -0.511 e. The van der Waals surface area contributed by atoms with Crippen molar-refractivity contribution in [2.45, 2.75) is 52.0 Å². The van der Waals surface area contributed by atoms with Crippen LogP contribution in [0.25, 0.3) is 16.9 Å². The molecule has 0 bridgehead atoms. The summed E-state index contributed by atoms with van der Waals surface area (Å²) in [7, 11) is 0. The van der Waals surface area contributed by atoms with Crippen LogP contribution < -0.4 is 5.73 Å². The summed E-state index contributed by atoms with van der Waals surface area (Å²) in [5.41, 5.74) is 9.11. The number of aliphatic hydroxyl groups is 2. The van der Waals surface area contributed by atoms with Gasteiger partial charge in [0.05, 0.1) is 5.56 Å². The Kier molecular flexibility index (Phi) is 7.32. The van der Waals surface area contributed by atoms with E-state index in [0.717, 1.165) is 36.3 Å². The van der Waals surface area contributed by atoms with Crippen LogP contribution in [0.5, 0.6) is 5.75 Å². The standard InChI is InChI=1S/C31H34N2O6/c1-17(34)27-21(12-19-13-25(36)29(31(32)39)26(37)14-19)15-23-22(7-8-24(35)28(23)30(27)38)20-6-4-5-18(11-20)16-33-9-2-3-10-33/h4-8,11,19,21,35-36,38H,2-3,9-10,12-16H2,1H3,(H2,32,39)/t19?,21-/m1/s1. The highest BCUT2D eigenvalue weighted by molar-refractivity contribution is 6.19. The molecule has 2 aromatic rings. The summed E-state index contributed by atoms with van der Waals surface area (Å²) >= 11 is 0. The molecule has 1 fully saturated rings. The highest BCUT2D eigenvalue weighted by Gasteiger charge is 2.37. The van der Waals surface area contributed by atoms with Crippen LogP contribution in [-0.4, -0.2) is 50.8 Å². The van der Waals surface area contributed by atoms with E-state index in [1.165, 1.54) is 25.3 Å². The molecule has 2 atom stereocenters. The van der Waals surface area contributed by atoms with Crippen molar-refractivity contribution in [1.82, 2.24) is 4.90 Å². The molecule has 5 N–H and O–H groups in total. The van der Waals surface area contributed by atoms with Gasteiger partial charge in [-0.05, 0) is 91.9 Å². The fourth-order valence-corrected chi connectivity index (χ4v) is 6.57. The van der Waals surface area contributed by atoms with Gasteiger partial charge in [0.25, 0.3) is 5.91 Å². The largest absolute Gasteiger partial charge is 0.511 e. The SMILES string of the molecule is CC(=O)C1=C(O)c2c(O)ccc(-c3cccc(CN4CCCC4)c3)c2C[C@H]1CC1CC(=O)C(C(N)=O)=C(O)C1. The Balaban J connectivity index is 1.51. The molecule has 1 amide bonds. The number of benzene rings is 2. The molecule has 3 aliphatic rings. The number of carbonyl (C=O) groups excluding carboxylic acids is 3. The summed E-state index contributed by atoms with van der Waals surface area (Å²) in [6, 6.07) is 11.6. The number of phenolic OH excluding ortho intramolecular Hbond substituents is 1. The summed E-state index contributed by atoms with van der Waals surface area (Å²) in [6.07, 6.45) is 3.23. The lowest BCUT2D eigenvalue weighted by Gasteiger charge is -2.32. The Morgan fingerprint density at radius 1 is 1.03 bits per heavy atom. The maximum atomic E-state index is 12.7.